The highest BCUT2D eigenvalue weighted by molar-refractivity contribution is 6.34. The molecule has 1 heterocycles. The Kier molecular flexibility index (Phi) is 4.09. The van der Waals surface area contributed by atoms with Crippen molar-refractivity contribution in [3.05, 3.63) is 52.1 Å². The van der Waals surface area contributed by atoms with E-state index in [0.29, 0.717) is 21.4 Å². The van der Waals surface area contributed by atoms with Crippen molar-refractivity contribution in [2.24, 2.45) is 10.9 Å². The van der Waals surface area contributed by atoms with Crippen molar-refractivity contribution in [3.8, 4) is 11.6 Å². The topological polar surface area (TPSA) is 80.7 Å². The average Bonchev–Trinajstić information content (AvgIpc) is 2.42. The predicted octanol–water partition coefficient (Wildman–Crippen LogP) is 3.28. The zero-order chi connectivity index (χ0) is 13.8. The standard InChI is InChI=1S/C12H9Cl2N3O2/c13-7-3-4-9(14)10(6-7)19-12-8(11(15)17-18)2-1-5-16-12/h1-6,18H,(H2,15,17). The molecular weight excluding hydrogens is 289 g/mol. The van der Waals surface area contributed by atoms with Gasteiger partial charge in [0.25, 0.3) is 0 Å². The van der Waals surface area contributed by atoms with Crippen LogP contribution in [0.3, 0.4) is 0 Å². The molecule has 0 bridgehead atoms. The van der Waals surface area contributed by atoms with Crippen LogP contribution in [-0.4, -0.2) is 16.0 Å². The lowest BCUT2D eigenvalue weighted by atomic mass is 10.2. The van der Waals surface area contributed by atoms with Gasteiger partial charge in [-0.05, 0) is 24.3 Å². The second-order valence-electron chi connectivity index (χ2n) is 3.52. The molecule has 0 unspecified atom stereocenters. The SMILES string of the molecule is N/C(=N\O)c1cccnc1Oc1cc(Cl)ccc1Cl. The van der Waals surface area contributed by atoms with Crippen LogP contribution in [0.5, 0.6) is 11.6 Å². The molecule has 7 heteroatoms. The van der Waals surface area contributed by atoms with Crippen molar-refractivity contribution in [1.29, 1.82) is 0 Å². The minimum atomic E-state index is -0.110. The van der Waals surface area contributed by atoms with Crippen LogP contribution < -0.4 is 10.5 Å². The first kappa shape index (κ1) is 13.5. The Labute approximate surface area is 119 Å². The first-order valence-electron chi connectivity index (χ1n) is 5.17. The number of aromatic nitrogens is 1. The van der Waals surface area contributed by atoms with Crippen molar-refractivity contribution in [3.63, 3.8) is 0 Å². The molecule has 1 aromatic carbocycles. The first-order chi connectivity index (χ1) is 9.11. The average molecular weight is 298 g/mol. The molecule has 3 N–H and O–H groups in total. The fourth-order valence-electron chi connectivity index (χ4n) is 1.38. The maximum Gasteiger partial charge on any atom is 0.230 e. The van der Waals surface area contributed by atoms with E-state index in [1.54, 1.807) is 30.3 Å². The third-order valence-electron chi connectivity index (χ3n) is 2.25. The number of hydrogen-bond acceptors (Lipinski definition) is 4. The number of rotatable bonds is 3. The highest BCUT2D eigenvalue weighted by Crippen LogP contribution is 2.32. The van der Waals surface area contributed by atoms with E-state index in [0.717, 1.165) is 0 Å². The monoisotopic (exact) mass is 297 g/mol. The molecule has 0 fully saturated rings. The maximum atomic E-state index is 8.71. The van der Waals surface area contributed by atoms with Crippen LogP contribution in [0.4, 0.5) is 0 Å². The molecule has 2 aromatic rings. The summed E-state index contributed by atoms with van der Waals surface area (Å²) in [6.07, 6.45) is 1.52. The second kappa shape index (κ2) is 5.77. The minimum absolute atomic E-state index is 0.110. The van der Waals surface area contributed by atoms with Crippen molar-refractivity contribution >= 4 is 29.0 Å². The van der Waals surface area contributed by atoms with E-state index >= 15 is 0 Å². The summed E-state index contributed by atoms with van der Waals surface area (Å²) >= 11 is 11.9. The molecule has 0 atom stereocenters. The molecule has 19 heavy (non-hydrogen) atoms. The van der Waals surface area contributed by atoms with Gasteiger partial charge in [0.2, 0.25) is 5.88 Å². The van der Waals surface area contributed by atoms with Crippen LogP contribution in [0.2, 0.25) is 10.0 Å². The van der Waals surface area contributed by atoms with Crippen LogP contribution in [0.15, 0.2) is 41.7 Å². The fourth-order valence-corrected chi connectivity index (χ4v) is 1.70. The quantitative estimate of drug-likeness (QED) is 0.394. The van der Waals surface area contributed by atoms with Crippen molar-refractivity contribution < 1.29 is 9.94 Å². The van der Waals surface area contributed by atoms with Crippen molar-refractivity contribution in [1.82, 2.24) is 4.98 Å². The molecule has 0 radical (unpaired) electrons. The summed E-state index contributed by atoms with van der Waals surface area (Å²) in [5.74, 6) is 0.392. The minimum Gasteiger partial charge on any atom is -0.437 e. The van der Waals surface area contributed by atoms with Gasteiger partial charge in [-0.1, -0.05) is 28.4 Å². The van der Waals surface area contributed by atoms with E-state index in [1.807, 2.05) is 0 Å². The van der Waals surface area contributed by atoms with Crippen LogP contribution in [-0.2, 0) is 0 Å². The summed E-state index contributed by atoms with van der Waals surface area (Å²) in [5.41, 5.74) is 5.89. The van der Waals surface area contributed by atoms with E-state index in [9.17, 15) is 0 Å². The summed E-state index contributed by atoms with van der Waals surface area (Å²) in [6.45, 7) is 0. The van der Waals surface area contributed by atoms with E-state index in [-0.39, 0.29) is 11.7 Å². The molecule has 0 saturated carbocycles. The van der Waals surface area contributed by atoms with Crippen LogP contribution in [0.1, 0.15) is 5.56 Å². The van der Waals surface area contributed by atoms with Gasteiger partial charge in [-0.2, -0.15) is 0 Å². The molecule has 1 aromatic heterocycles. The number of nitrogens with two attached hydrogens (primary N) is 1. The van der Waals surface area contributed by atoms with Gasteiger partial charge in [-0.15, -0.1) is 0 Å². The molecule has 0 amide bonds. The normalized spacial score (nSPS) is 11.4. The molecule has 5 nitrogen and oxygen atoms in total. The number of pyridine rings is 1. The Morgan fingerprint density at radius 1 is 1.32 bits per heavy atom. The number of nitrogens with zero attached hydrogens (tertiary/aromatic N) is 2. The van der Waals surface area contributed by atoms with Crippen LogP contribution in [0.25, 0.3) is 0 Å². The van der Waals surface area contributed by atoms with Gasteiger partial charge in [-0.3, -0.25) is 0 Å². The zero-order valence-electron chi connectivity index (χ0n) is 9.55. The smallest absolute Gasteiger partial charge is 0.230 e. The molecular formula is C12H9Cl2N3O2. The maximum absolute atomic E-state index is 8.71. The molecule has 98 valence electrons. The van der Waals surface area contributed by atoms with Crippen molar-refractivity contribution in [2.75, 3.05) is 0 Å². The number of amidine groups is 1. The van der Waals surface area contributed by atoms with Gasteiger partial charge in [0.1, 0.15) is 5.75 Å². The second-order valence-corrected chi connectivity index (χ2v) is 4.36. The Hall–Kier alpha value is -1.98. The number of oxime groups is 1. The summed E-state index contributed by atoms with van der Waals surface area (Å²) in [5, 5.41) is 12.5. The molecule has 0 aliphatic rings. The van der Waals surface area contributed by atoms with Gasteiger partial charge in [0.05, 0.1) is 10.6 Å². The van der Waals surface area contributed by atoms with Gasteiger partial charge in [0, 0.05) is 17.3 Å². The van der Waals surface area contributed by atoms with E-state index < -0.39 is 0 Å². The lowest BCUT2D eigenvalue weighted by Crippen LogP contribution is -2.14. The molecule has 0 spiro atoms. The molecule has 0 aliphatic carbocycles. The number of ether oxygens (including phenoxy) is 1. The molecule has 2 rings (SSSR count). The van der Waals surface area contributed by atoms with Crippen molar-refractivity contribution in [2.45, 2.75) is 0 Å². The lowest BCUT2D eigenvalue weighted by molar-refractivity contribution is 0.318. The Bertz CT molecular complexity index is 632. The number of hydrogen-bond donors (Lipinski definition) is 2. The predicted molar refractivity (Wildman–Crippen MR) is 73.3 cm³/mol. The Morgan fingerprint density at radius 2 is 2.11 bits per heavy atom. The lowest BCUT2D eigenvalue weighted by Gasteiger charge is -2.10. The zero-order valence-corrected chi connectivity index (χ0v) is 11.1. The third-order valence-corrected chi connectivity index (χ3v) is 2.80. The third kappa shape index (κ3) is 3.07. The molecule has 0 aliphatic heterocycles. The summed E-state index contributed by atoms with van der Waals surface area (Å²) < 4.78 is 5.54. The van der Waals surface area contributed by atoms with E-state index in [1.165, 1.54) is 6.20 Å². The van der Waals surface area contributed by atoms with Gasteiger partial charge in [-0.25, -0.2) is 4.98 Å². The fraction of sp³-hybridized carbons (Fsp3) is 0. The van der Waals surface area contributed by atoms with Gasteiger partial charge in [0.15, 0.2) is 5.84 Å². The number of benzene rings is 1. The Morgan fingerprint density at radius 3 is 2.84 bits per heavy atom. The highest BCUT2D eigenvalue weighted by Gasteiger charge is 2.12. The molecule has 0 saturated heterocycles. The van der Waals surface area contributed by atoms with Crippen LogP contribution >= 0.6 is 23.2 Å². The van der Waals surface area contributed by atoms with Crippen LogP contribution in [0, 0.1) is 0 Å². The Balaban J connectivity index is 2.41. The summed E-state index contributed by atoms with van der Waals surface area (Å²) in [7, 11) is 0. The van der Waals surface area contributed by atoms with Gasteiger partial charge < -0.3 is 15.7 Å². The summed E-state index contributed by atoms with van der Waals surface area (Å²) in [6, 6.07) is 8.04. The van der Waals surface area contributed by atoms with E-state index in [2.05, 4.69) is 10.1 Å². The van der Waals surface area contributed by atoms with Gasteiger partial charge >= 0.3 is 0 Å². The first-order valence-corrected chi connectivity index (χ1v) is 5.93. The highest BCUT2D eigenvalue weighted by atomic mass is 35.5. The number of halogens is 2. The largest absolute Gasteiger partial charge is 0.437 e. The summed E-state index contributed by atoms with van der Waals surface area (Å²) in [4.78, 5) is 4.02. The van der Waals surface area contributed by atoms with E-state index in [4.69, 9.17) is 38.9 Å².